The standard InChI is InChI=1S/C17H25N3/c1-18-11-6-16(7-12-18)17-8-13-19(14-9-17)10-5-15-20(2,3)4/h6-8,11-14H,5,10,15H2,1-4H3/q+2. The maximum Gasteiger partial charge on any atom is 0.156 e. The second kappa shape index (κ2) is 6.14. The molecule has 2 aromatic heterocycles. The first-order valence-electron chi connectivity index (χ1n) is 7.11. The van der Waals surface area contributed by atoms with Crippen LogP contribution in [-0.4, -0.2) is 32.2 Å². The van der Waals surface area contributed by atoms with E-state index in [0.717, 1.165) is 16.6 Å². The summed E-state index contributed by atoms with van der Waals surface area (Å²) >= 11 is 0. The van der Waals surface area contributed by atoms with Crippen LogP contribution in [0.1, 0.15) is 6.42 Å². The molecule has 3 nitrogen and oxygen atoms in total. The van der Waals surface area contributed by atoms with Gasteiger partial charge in [0.2, 0.25) is 0 Å². The van der Waals surface area contributed by atoms with Gasteiger partial charge in [0.05, 0.1) is 34.1 Å². The van der Waals surface area contributed by atoms with Gasteiger partial charge in [-0.3, -0.25) is 0 Å². The molecular formula is C17H25N3+2. The summed E-state index contributed by atoms with van der Waals surface area (Å²) in [5.74, 6) is 0. The Balaban J connectivity index is 1.98. The molecule has 0 fully saturated rings. The zero-order chi connectivity index (χ0) is 14.6. The summed E-state index contributed by atoms with van der Waals surface area (Å²) in [5.41, 5.74) is 2.36. The second-order valence-electron chi connectivity index (χ2n) is 6.36. The Labute approximate surface area is 122 Å². The van der Waals surface area contributed by atoms with Crippen LogP contribution in [0.3, 0.4) is 0 Å². The molecule has 106 valence electrons. The minimum absolute atomic E-state index is 1.02. The van der Waals surface area contributed by atoms with Gasteiger partial charge in [-0.25, -0.2) is 9.13 Å². The fraction of sp³-hybridized carbons (Fsp3) is 0.412. The number of pyridine rings is 2. The summed E-state index contributed by atoms with van der Waals surface area (Å²) in [4.78, 5) is 0. The van der Waals surface area contributed by atoms with Crippen molar-refractivity contribution in [3.05, 3.63) is 49.1 Å². The Hall–Kier alpha value is -1.74. The van der Waals surface area contributed by atoms with Crippen LogP contribution in [0, 0.1) is 6.07 Å². The van der Waals surface area contributed by atoms with Gasteiger partial charge in [-0.1, -0.05) is 6.07 Å². The number of hydrogen-bond acceptors (Lipinski definition) is 0. The number of quaternary nitrogens is 1. The summed E-state index contributed by atoms with van der Waals surface area (Å²) in [6, 6.07) is 9.75. The third-order valence-electron chi connectivity index (χ3n) is 3.35. The average molecular weight is 271 g/mol. The van der Waals surface area contributed by atoms with Crippen LogP contribution >= 0.6 is 0 Å². The largest absolute Gasteiger partial charge is 0.331 e. The van der Waals surface area contributed by atoms with E-state index < -0.39 is 0 Å². The van der Waals surface area contributed by atoms with Crippen molar-refractivity contribution in [2.45, 2.75) is 13.0 Å². The molecule has 0 amide bonds. The molecule has 0 radical (unpaired) electrons. The fourth-order valence-corrected chi connectivity index (χ4v) is 2.14. The van der Waals surface area contributed by atoms with Crippen LogP contribution in [-0.2, 0) is 13.6 Å². The highest BCUT2D eigenvalue weighted by molar-refractivity contribution is 5.60. The third kappa shape index (κ3) is 4.42. The zero-order valence-corrected chi connectivity index (χ0v) is 13.0. The molecule has 0 unspecified atom stereocenters. The van der Waals surface area contributed by atoms with Crippen molar-refractivity contribution < 1.29 is 13.6 Å². The first-order chi connectivity index (χ1) is 9.44. The smallest absolute Gasteiger partial charge is 0.156 e. The van der Waals surface area contributed by atoms with Crippen LogP contribution in [0.15, 0.2) is 43.0 Å². The van der Waals surface area contributed by atoms with E-state index in [0.29, 0.717) is 0 Å². The third-order valence-corrected chi connectivity index (χ3v) is 3.35. The van der Waals surface area contributed by atoms with Crippen molar-refractivity contribution >= 4 is 0 Å². The second-order valence-corrected chi connectivity index (χ2v) is 6.36. The lowest BCUT2D eigenvalue weighted by Crippen LogP contribution is -2.39. The lowest BCUT2D eigenvalue weighted by atomic mass is 10.1. The Bertz CT molecular complexity index is 536. The highest BCUT2D eigenvalue weighted by Crippen LogP contribution is 2.14. The molecule has 3 heteroatoms. The fourth-order valence-electron chi connectivity index (χ4n) is 2.14. The number of hydrogen-bond donors (Lipinski definition) is 0. The summed E-state index contributed by atoms with van der Waals surface area (Å²) in [6.45, 7) is 2.24. The van der Waals surface area contributed by atoms with Crippen molar-refractivity contribution in [3.63, 3.8) is 0 Å². The number of nitrogens with zero attached hydrogens (tertiary/aromatic N) is 3. The molecule has 0 N–H and O–H groups in total. The SMILES string of the molecule is C[n+]1ccc(-c2[c-]c[n+](CCC[N+](C)(C)C)cc2)cc1. The van der Waals surface area contributed by atoms with E-state index in [4.69, 9.17) is 0 Å². The van der Waals surface area contributed by atoms with Crippen LogP contribution in [0.2, 0.25) is 0 Å². The van der Waals surface area contributed by atoms with Gasteiger partial charge >= 0.3 is 0 Å². The van der Waals surface area contributed by atoms with Gasteiger partial charge in [-0.2, -0.15) is 5.56 Å². The van der Waals surface area contributed by atoms with Crippen LogP contribution in [0.25, 0.3) is 11.1 Å². The lowest BCUT2D eigenvalue weighted by molar-refractivity contribution is -0.873. The molecule has 0 aliphatic rings. The number of rotatable bonds is 5. The molecule has 2 rings (SSSR count). The van der Waals surface area contributed by atoms with E-state index in [1.807, 2.05) is 11.6 Å². The van der Waals surface area contributed by atoms with E-state index in [1.54, 1.807) is 0 Å². The summed E-state index contributed by atoms with van der Waals surface area (Å²) in [7, 11) is 8.72. The summed E-state index contributed by atoms with van der Waals surface area (Å²) in [5, 5.41) is 0. The predicted molar refractivity (Wildman–Crippen MR) is 79.6 cm³/mol. The molecule has 2 heterocycles. The van der Waals surface area contributed by atoms with Crippen molar-refractivity contribution in [2.75, 3.05) is 27.7 Å². The maximum absolute atomic E-state index is 3.37. The monoisotopic (exact) mass is 271 g/mol. The summed E-state index contributed by atoms with van der Waals surface area (Å²) in [6.07, 6.45) is 9.51. The Kier molecular flexibility index (Phi) is 4.50. The number of aryl methyl sites for hydroxylation is 2. The first kappa shape index (κ1) is 14.7. The molecular weight excluding hydrogens is 246 g/mol. The Morgan fingerprint density at radius 3 is 2.30 bits per heavy atom. The van der Waals surface area contributed by atoms with Gasteiger partial charge < -0.3 is 4.48 Å². The van der Waals surface area contributed by atoms with E-state index in [9.17, 15) is 0 Å². The zero-order valence-electron chi connectivity index (χ0n) is 13.0. The maximum atomic E-state index is 3.37. The van der Waals surface area contributed by atoms with E-state index in [1.165, 1.54) is 18.5 Å². The molecule has 0 aliphatic heterocycles. The van der Waals surface area contributed by atoms with Gasteiger partial charge in [0.25, 0.3) is 0 Å². The molecule has 0 atom stereocenters. The van der Waals surface area contributed by atoms with Crippen molar-refractivity contribution in [3.8, 4) is 11.1 Å². The van der Waals surface area contributed by atoms with Crippen molar-refractivity contribution in [1.82, 2.24) is 0 Å². The number of aromatic nitrogens is 2. The predicted octanol–water partition coefficient (Wildman–Crippen LogP) is 1.36. The molecule has 0 saturated carbocycles. The first-order valence-corrected chi connectivity index (χ1v) is 7.11. The Morgan fingerprint density at radius 1 is 1.05 bits per heavy atom. The van der Waals surface area contributed by atoms with E-state index >= 15 is 0 Å². The van der Waals surface area contributed by atoms with Crippen molar-refractivity contribution in [2.24, 2.45) is 7.05 Å². The van der Waals surface area contributed by atoms with Crippen LogP contribution in [0.4, 0.5) is 0 Å². The highest BCUT2D eigenvalue weighted by Gasteiger charge is 2.07. The Morgan fingerprint density at radius 2 is 1.75 bits per heavy atom. The van der Waals surface area contributed by atoms with Gasteiger partial charge in [0, 0.05) is 0 Å². The molecule has 0 aliphatic carbocycles. The van der Waals surface area contributed by atoms with Gasteiger partial charge in [0.15, 0.2) is 18.9 Å². The van der Waals surface area contributed by atoms with E-state index in [-0.39, 0.29) is 0 Å². The highest BCUT2D eigenvalue weighted by atomic mass is 15.3. The minimum Gasteiger partial charge on any atom is -0.331 e. The summed E-state index contributed by atoms with van der Waals surface area (Å²) < 4.78 is 5.27. The topological polar surface area (TPSA) is 7.76 Å². The minimum atomic E-state index is 1.02. The molecule has 0 saturated heterocycles. The van der Waals surface area contributed by atoms with Gasteiger partial charge in [0.1, 0.15) is 19.4 Å². The van der Waals surface area contributed by atoms with Crippen LogP contribution in [0.5, 0.6) is 0 Å². The van der Waals surface area contributed by atoms with E-state index in [2.05, 4.69) is 74.8 Å². The van der Waals surface area contributed by atoms with Gasteiger partial charge in [-0.05, 0) is 12.1 Å². The lowest BCUT2D eigenvalue weighted by Gasteiger charge is -2.22. The average Bonchev–Trinajstić information content (AvgIpc) is 2.39. The molecule has 0 aromatic carbocycles. The molecule has 2 aromatic rings. The molecule has 0 bridgehead atoms. The normalized spacial score (nSPS) is 11.6. The van der Waals surface area contributed by atoms with Crippen LogP contribution < -0.4 is 9.13 Å². The quantitative estimate of drug-likeness (QED) is 0.441. The van der Waals surface area contributed by atoms with Crippen molar-refractivity contribution in [1.29, 1.82) is 0 Å². The molecule has 0 spiro atoms. The van der Waals surface area contributed by atoms with Gasteiger partial charge in [-0.15, -0.1) is 11.6 Å². The molecule has 20 heavy (non-hydrogen) atoms.